The topological polar surface area (TPSA) is 98.2 Å². The fraction of sp³-hybridized carbons (Fsp3) is 0.316. The summed E-state index contributed by atoms with van der Waals surface area (Å²) in [5, 5.41) is 15.7. The number of aliphatic carboxylic acids is 2. The molecule has 1 aliphatic rings. The Balaban J connectivity index is 0.000000516. The molecule has 2 rings (SSSR count). The molecule has 1 fully saturated rings. The average molecular weight is 414 g/mol. The first kappa shape index (κ1) is 23.9. The van der Waals surface area contributed by atoms with Gasteiger partial charge in [0.2, 0.25) is 5.91 Å². The summed E-state index contributed by atoms with van der Waals surface area (Å²) in [4.78, 5) is 35.5. The number of amides is 1. The van der Waals surface area contributed by atoms with E-state index in [1.54, 1.807) is 12.2 Å². The van der Waals surface area contributed by atoms with Gasteiger partial charge >= 0.3 is 18.1 Å². The third kappa shape index (κ3) is 9.56. The lowest BCUT2D eigenvalue weighted by molar-refractivity contribution is -0.192. The van der Waals surface area contributed by atoms with Crippen molar-refractivity contribution < 1.29 is 37.8 Å². The molecule has 0 saturated carbocycles. The van der Waals surface area contributed by atoms with Crippen LogP contribution in [0.1, 0.15) is 11.1 Å². The van der Waals surface area contributed by atoms with Crippen molar-refractivity contribution in [3.8, 4) is 0 Å². The number of piperazine rings is 1. The maximum Gasteiger partial charge on any atom is 0.490 e. The first-order chi connectivity index (χ1) is 13.5. The van der Waals surface area contributed by atoms with Gasteiger partial charge in [-0.05, 0) is 30.3 Å². The third-order valence-corrected chi connectivity index (χ3v) is 3.83. The van der Waals surface area contributed by atoms with E-state index < -0.39 is 18.1 Å². The molecular weight excluding hydrogens is 393 g/mol. The molecule has 1 aromatic rings. The molecule has 0 aromatic heterocycles. The number of hydrogen-bond donors (Lipinski definition) is 2. The Morgan fingerprint density at radius 2 is 1.31 bits per heavy atom. The van der Waals surface area contributed by atoms with E-state index in [1.807, 2.05) is 29.2 Å². The maximum atomic E-state index is 12.1. The van der Waals surface area contributed by atoms with Crippen molar-refractivity contribution in [3.63, 3.8) is 0 Å². The number of carbonyl (C=O) groups excluding carboxylic acids is 1. The number of carbonyl (C=O) groups is 3. The Morgan fingerprint density at radius 1 is 0.897 bits per heavy atom. The van der Waals surface area contributed by atoms with Crippen molar-refractivity contribution in [2.24, 2.45) is 0 Å². The maximum absolute atomic E-state index is 12.1. The second-order valence-electron chi connectivity index (χ2n) is 6.10. The molecule has 1 heterocycles. The van der Waals surface area contributed by atoms with Crippen LogP contribution in [0.4, 0.5) is 13.2 Å². The summed E-state index contributed by atoms with van der Waals surface area (Å²) >= 11 is 0. The summed E-state index contributed by atoms with van der Waals surface area (Å²) in [6.45, 7) is 3.34. The van der Waals surface area contributed by atoms with Gasteiger partial charge in [-0.15, -0.1) is 0 Å². The van der Waals surface area contributed by atoms with Gasteiger partial charge in [0, 0.05) is 38.3 Å². The fourth-order valence-corrected chi connectivity index (χ4v) is 2.19. The first-order valence-electron chi connectivity index (χ1n) is 8.45. The predicted octanol–water partition coefficient (Wildman–Crippen LogP) is 2.20. The largest absolute Gasteiger partial charge is 0.490 e. The van der Waals surface area contributed by atoms with Crippen LogP contribution in [0.3, 0.4) is 0 Å². The molecule has 10 heteroatoms. The summed E-state index contributed by atoms with van der Waals surface area (Å²) < 4.78 is 31.7. The normalized spacial score (nSPS) is 15.2. The molecule has 2 N–H and O–H groups in total. The summed E-state index contributed by atoms with van der Waals surface area (Å²) in [5.41, 5.74) is 1.72. The van der Waals surface area contributed by atoms with Gasteiger partial charge in [0.25, 0.3) is 0 Å². The number of likely N-dealkylation sites (N-methyl/N-ethyl adjacent to an activating group) is 1. The number of halogens is 3. The second kappa shape index (κ2) is 11.0. The van der Waals surface area contributed by atoms with Gasteiger partial charge in [-0.25, -0.2) is 9.59 Å². The van der Waals surface area contributed by atoms with Crippen molar-refractivity contribution in [2.45, 2.75) is 6.18 Å². The van der Waals surface area contributed by atoms with Gasteiger partial charge in [-0.1, -0.05) is 24.3 Å². The van der Waals surface area contributed by atoms with Crippen LogP contribution < -0.4 is 0 Å². The molecule has 1 aromatic carbocycles. The van der Waals surface area contributed by atoms with E-state index in [4.69, 9.17) is 15.0 Å². The lowest BCUT2D eigenvalue weighted by atomic mass is 10.1. The Hall–Kier alpha value is -3.14. The highest BCUT2D eigenvalue weighted by Crippen LogP contribution is 2.13. The van der Waals surface area contributed by atoms with Crippen molar-refractivity contribution in [1.29, 1.82) is 0 Å². The molecule has 0 radical (unpaired) electrons. The van der Waals surface area contributed by atoms with Gasteiger partial charge in [0.05, 0.1) is 0 Å². The number of rotatable bonds is 4. The number of carboxylic acids is 2. The zero-order chi connectivity index (χ0) is 22.0. The van der Waals surface area contributed by atoms with Crippen LogP contribution in [0, 0.1) is 0 Å². The Bertz CT molecular complexity index is 765. The smallest absolute Gasteiger partial charge is 0.478 e. The summed E-state index contributed by atoms with van der Waals surface area (Å²) in [7, 11) is 2.05. The van der Waals surface area contributed by atoms with E-state index in [0.29, 0.717) is 0 Å². The summed E-state index contributed by atoms with van der Waals surface area (Å²) in [5.74, 6) is -3.70. The molecule has 0 atom stereocenters. The van der Waals surface area contributed by atoms with Crippen LogP contribution in [-0.2, 0) is 14.4 Å². The van der Waals surface area contributed by atoms with Crippen molar-refractivity contribution in [3.05, 3.63) is 47.5 Å². The van der Waals surface area contributed by atoms with E-state index in [9.17, 15) is 22.8 Å². The highest BCUT2D eigenvalue weighted by molar-refractivity contribution is 5.92. The molecule has 0 spiro atoms. The molecular formula is C19H21F3N2O5. The van der Waals surface area contributed by atoms with Gasteiger partial charge in [0.15, 0.2) is 0 Å². The number of nitrogens with zero attached hydrogens (tertiary/aromatic N) is 2. The second-order valence-corrected chi connectivity index (χ2v) is 6.10. The fourth-order valence-electron chi connectivity index (χ4n) is 2.19. The number of alkyl halides is 3. The summed E-state index contributed by atoms with van der Waals surface area (Å²) in [6, 6.07) is 7.35. The van der Waals surface area contributed by atoms with Crippen LogP contribution in [0.25, 0.3) is 12.2 Å². The molecule has 0 aliphatic carbocycles. The molecule has 29 heavy (non-hydrogen) atoms. The highest BCUT2D eigenvalue weighted by Gasteiger charge is 2.38. The predicted molar refractivity (Wildman–Crippen MR) is 99.9 cm³/mol. The molecule has 1 aliphatic heterocycles. The van der Waals surface area contributed by atoms with E-state index >= 15 is 0 Å². The average Bonchev–Trinajstić information content (AvgIpc) is 2.65. The Morgan fingerprint density at radius 3 is 1.69 bits per heavy atom. The molecule has 0 unspecified atom stereocenters. The van der Waals surface area contributed by atoms with Crippen LogP contribution in [0.5, 0.6) is 0 Å². The van der Waals surface area contributed by atoms with Gasteiger partial charge in [0.1, 0.15) is 0 Å². The van der Waals surface area contributed by atoms with E-state index in [-0.39, 0.29) is 5.91 Å². The minimum Gasteiger partial charge on any atom is -0.478 e. The van der Waals surface area contributed by atoms with Gasteiger partial charge in [-0.2, -0.15) is 13.2 Å². The van der Waals surface area contributed by atoms with E-state index in [2.05, 4.69) is 11.9 Å². The van der Waals surface area contributed by atoms with Crippen molar-refractivity contribution in [2.75, 3.05) is 33.2 Å². The monoisotopic (exact) mass is 414 g/mol. The van der Waals surface area contributed by atoms with E-state index in [0.717, 1.165) is 43.4 Å². The number of carboxylic acid groups (broad SMARTS) is 2. The molecule has 1 amide bonds. The minimum atomic E-state index is -5.08. The lowest BCUT2D eigenvalue weighted by Crippen LogP contribution is -2.46. The van der Waals surface area contributed by atoms with Crippen LogP contribution >= 0.6 is 0 Å². The lowest BCUT2D eigenvalue weighted by Gasteiger charge is -2.31. The Labute approximate surface area is 165 Å². The molecule has 0 bridgehead atoms. The van der Waals surface area contributed by atoms with Gasteiger partial charge in [-0.3, -0.25) is 4.79 Å². The SMILES string of the molecule is CN1CCN(C(=O)/C=C/c2ccc(/C=C/C(=O)O)cc2)CC1.O=C(O)C(F)(F)F. The third-order valence-electron chi connectivity index (χ3n) is 3.83. The number of benzene rings is 1. The first-order valence-corrected chi connectivity index (χ1v) is 8.45. The standard InChI is InChI=1S/C17H20N2O3.C2HF3O2/c1-18-10-12-19(13-11-18)16(20)8-6-14-2-4-15(5-3-14)7-9-17(21)22;3-2(4,5)1(6)7/h2-9H,10-13H2,1H3,(H,21,22);(H,6,7)/b8-6+,9-7+;. The zero-order valence-electron chi connectivity index (χ0n) is 15.6. The minimum absolute atomic E-state index is 0.0305. The highest BCUT2D eigenvalue weighted by atomic mass is 19.4. The number of hydrogen-bond acceptors (Lipinski definition) is 4. The van der Waals surface area contributed by atoms with Crippen LogP contribution in [-0.4, -0.2) is 77.3 Å². The van der Waals surface area contributed by atoms with Crippen LogP contribution in [0.15, 0.2) is 36.4 Å². The van der Waals surface area contributed by atoms with E-state index in [1.165, 1.54) is 6.08 Å². The van der Waals surface area contributed by atoms with Gasteiger partial charge < -0.3 is 20.0 Å². The summed E-state index contributed by atoms with van der Waals surface area (Å²) in [6.07, 6.45) is 0.922. The van der Waals surface area contributed by atoms with Crippen molar-refractivity contribution in [1.82, 2.24) is 9.80 Å². The Kier molecular flexibility index (Phi) is 9.07. The zero-order valence-corrected chi connectivity index (χ0v) is 15.6. The van der Waals surface area contributed by atoms with Crippen molar-refractivity contribution >= 4 is 30.0 Å². The van der Waals surface area contributed by atoms with Crippen LogP contribution in [0.2, 0.25) is 0 Å². The molecule has 1 saturated heterocycles. The quantitative estimate of drug-likeness (QED) is 0.733. The molecule has 158 valence electrons. The molecule has 7 nitrogen and oxygen atoms in total.